The molecule has 0 aromatic carbocycles. The Morgan fingerprint density at radius 1 is 1.22 bits per heavy atom. The van der Waals surface area contributed by atoms with Crippen LogP contribution in [-0.2, 0) is 26.2 Å². The Kier molecular flexibility index (Phi) is 7.49. The van der Waals surface area contributed by atoms with Gasteiger partial charge in [-0.05, 0) is 6.42 Å². The van der Waals surface area contributed by atoms with Crippen LogP contribution in [0.2, 0.25) is 0 Å². The van der Waals surface area contributed by atoms with Crippen molar-refractivity contribution in [3.8, 4) is 0 Å². The van der Waals surface area contributed by atoms with Gasteiger partial charge in [0, 0.05) is 32.6 Å². The second kappa shape index (κ2) is 5.46. The smallest absolute Gasteiger partial charge is 0.171 e. The van der Waals surface area contributed by atoms with Crippen LogP contribution in [0.5, 0.6) is 0 Å². The Labute approximate surface area is 71.9 Å². The summed E-state index contributed by atoms with van der Waals surface area (Å²) in [5.41, 5.74) is 0. The number of hydrogen-bond acceptors (Lipinski definition) is 0. The third-order valence-electron chi connectivity index (χ3n) is 0.814. The van der Waals surface area contributed by atoms with Crippen LogP contribution in [0.4, 0.5) is 13.2 Å². The van der Waals surface area contributed by atoms with Crippen molar-refractivity contribution < 1.29 is 39.4 Å². The maximum atomic E-state index is 11.2. The molecule has 0 aromatic heterocycles. The van der Waals surface area contributed by atoms with Gasteiger partial charge in [-0.2, -0.15) is 13.2 Å². The minimum Gasteiger partial charge on any atom is -0.171 e. The van der Waals surface area contributed by atoms with Crippen LogP contribution < -0.4 is 0 Å². The molecule has 0 amide bonds. The minimum atomic E-state index is -3.95. The van der Waals surface area contributed by atoms with Crippen molar-refractivity contribution >= 4 is 0 Å². The zero-order chi connectivity index (χ0) is 6.62. The molecule has 0 bridgehead atoms. The molecule has 0 rings (SSSR count). The Hall–Kier alpha value is 0.673. The Bertz CT molecular complexity index is 59.7. The van der Waals surface area contributed by atoms with Crippen molar-refractivity contribution in [2.24, 2.45) is 0 Å². The largest absolute Gasteiger partial charge is 0.389 e. The summed E-state index contributed by atoms with van der Waals surface area (Å²) in [6.07, 6.45) is -3.72. The summed E-state index contributed by atoms with van der Waals surface area (Å²) < 4.78 is 33.7. The molecule has 0 nitrogen and oxygen atoms in total. The Morgan fingerprint density at radius 3 is 1.78 bits per heavy atom. The van der Waals surface area contributed by atoms with Gasteiger partial charge in [-0.15, -0.1) is 0 Å². The molecular formula is C5H9F3Zr. The fourth-order valence-electron chi connectivity index (χ4n) is 0.377. The summed E-state index contributed by atoms with van der Waals surface area (Å²) in [5.74, 6) is 0. The topological polar surface area (TPSA) is 0 Å². The van der Waals surface area contributed by atoms with E-state index in [9.17, 15) is 13.2 Å². The van der Waals surface area contributed by atoms with Gasteiger partial charge in [-0.3, -0.25) is 0 Å². The van der Waals surface area contributed by atoms with E-state index in [4.69, 9.17) is 0 Å². The molecule has 0 atom stereocenters. The fraction of sp³-hybridized carbons (Fsp3) is 1.00. The summed E-state index contributed by atoms with van der Waals surface area (Å²) in [6.45, 7) is 1.74. The molecule has 9 heavy (non-hydrogen) atoms. The molecule has 4 heteroatoms. The molecule has 0 saturated carbocycles. The van der Waals surface area contributed by atoms with Crippen molar-refractivity contribution in [2.75, 3.05) is 0 Å². The summed E-state index contributed by atoms with van der Waals surface area (Å²) in [7, 11) is 0. The van der Waals surface area contributed by atoms with Crippen LogP contribution in [0.25, 0.3) is 0 Å². The van der Waals surface area contributed by atoms with E-state index in [2.05, 4.69) is 0 Å². The second-order valence-electron chi connectivity index (χ2n) is 1.72. The van der Waals surface area contributed by atoms with Gasteiger partial charge in [0.25, 0.3) is 0 Å². The number of hydrogen-bond donors (Lipinski definition) is 0. The molecule has 0 saturated heterocycles. The SMILES string of the molecule is CCCCC(F)(F)F.[Zr]. The van der Waals surface area contributed by atoms with Gasteiger partial charge in [0.15, 0.2) is 0 Å². The second-order valence-corrected chi connectivity index (χ2v) is 1.72. The molecule has 0 aliphatic rings. The summed E-state index contributed by atoms with van der Waals surface area (Å²) in [4.78, 5) is 0. The minimum absolute atomic E-state index is 0. The van der Waals surface area contributed by atoms with Crippen molar-refractivity contribution in [2.45, 2.75) is 32.4 Å². The van der Waals surface area contributed by atoms with E-state index in [0.29, 0.717) is 6.42 Å². The van der Waals surface area contributed by atoms with E-state index in [1.165, 1.54) is 0 Å². The number of alkyl halides is 3. The molecule has 0 aliphatic heterocycles. The molecule has 0 spiro atoms. The first-order valence-electron chi connectivity index (χ1n) is 2.63. The summed E-state index contributed by atoms with van der Waals surface area (Å²) >= 11 is 0. The van der Waals surface area contributed by atoms with E-state index >= 15 is 0 Å². The fourth-order valence-corrected chi connectivity index (χ4v) is 0.377. The molecule has 0 aliphatic carbocycles. The first-order chi connectivity index (χ1) is 3.56. The van der Waals surface area contributed by atoms with Gasteiger partial charge in [-0.25, -0.2) is 0 Å². The van der Waals surface area contributed by atoms with Crippen LogP contribution in [0.1, 0.15) is 26.2 Å². The molecule has 0 fully saturated rings. The zero-order valence-electron chi connectivity index (χ0n) is 5.26. The monoisotopic (exact) mass is 216 g/mol. The predicted molar refractivity (Wildman–Crippen MR) is 25.6 cm³/mol. The van der Waals surface area contributed by atoms with Crippen LogP contribution in [0.15, 0.2) is 0 Å². The Morgan fingerprint density at radius 2 is 1.67 bits per heavy atom. The van der Waals surface area contributed by atoms with Crippen LogP contribution in [-0.4, -0.2) is 6.18 Å². The molecule has 0 radical (unpaired) electrons. The third-order valence-corrected chi connectivity index (χ3v) is 0.814. The summed E-state index contributed by atoms with van der Waals surface area (Å²) in [5, 5.41) is 0. The quantitative estimate of drug-likeness (QED) is 0.667. The van der Waals surface area contributed by atoms with Crippen molar-refractivity contribution in [3.63, 3.8) is 0 Å². The molecule has 0 unspecified atom stereocenters. The number of rotatable bonds is 2. The Balaban J connectivity index is 0. The average Bonchev–Trinajstić information content (AvgIpc) is 1.59. The maximum absolute atomic E-state index is 11.2. The third kappa shape index (κ3) is 12.0. The van der Waals surface area contributed by atoms with Crippen molar-refractivity contribution in [3.05, 3.63) is 0 Å². The maximum Gasteiger partial charge on any atom is 0.389 e. The standard InChI is InChI=1S/C5H9F3.Zr/c1-2-3-4-5(6,7)8;/h2-4H2,1H3;. The van der Waals surface area contributed by atoms with Gasteiger partial charge >= 0.3 is 6.18 Å². The molecule has 0 aromatic rings. The first-order valence-corrected chi connectivity index (χ1v) is 2.63. The first kappa shape index (κ1) is 12.4. The molecule has 0 N–H and O–H groups in total. The van der Waals surface area contributed by atoms with E-state index in [1.807, 2.05) is 0 Å². The van der Waals surface area contributed by atoms with Crippen molar-refractivity contribution in [1.29, 1.82) is 0 Å². The van der Waals surface area contributed by atoms with Gasteiger partial charge in [0.1, 0.15) is 0 Å². The van der Waals surface area contributed by atoms with Gasteiger partial charge in [0.05, 0.1) is 0 Å². The zero-order valence-corrected chi connectivity index (χ0v) is 7.71. The molecule has 0 heterocycles. The number of halogens is 3. The predicted octanol–water partition coefficient (Wildman–Crippen LogP) is 2.74. The molecular weight excluding hydrogens is 208 g/mol. The normalized spacial score (nSPS) is 10.7. The van der Waals surface area contributed by atoms with Crippen LogP contribution in [0, 0.1) is 0 Å². The number of unbranched alkanes of at least 4 members (excludes halogenated alkanes) is 1. The van der Waals surface area contributed by atoms with E-state index < -0.39 is 12.6 Å². The van der Waals surface area contributed by atoms with Crippen molar-refractivity contribution in [1.82, 2.24) is 0 Å². The summed E-state index contributed by atoms with van der Waals surface area (Å²) in [6, 6.07) is 0. The van der Waals surface area contributed by atoms with Crippen LogP contribution in [0.3, 0.4) is 0 Å². The van der Waals surface area contributed by atoms with Gasteiger partial charge < -0.3 is 0 Å². The van der Waals surface area contributed by atoms with E-state index in [0.717, 1.165) is 0 Å². The van der Waals surface area contributed by atoms with Gasteiger partial charge in [-0.1, -0.05) is 13.3 Å². The molecule has 54 valence electrons. The van der Waals surface area contributed by atoms with Gasteiger partial charge in [0.2, 0.25) is 0 Å². The average molecular weight is 217 g/mol. The van der Waals surface area contributed by atoms with Crippen LogP contribution >= 0.6 is 0 Å². The van der Waals surface area contributed by atoms with E-state index in [1.54, 1.807) is 6.92 Å². The van der Waals surface area contributed by atoms with E-state index in [-0.39, 0.29) is 32.6 Å².